The van der Waals surface area contributed by atoms with E-state index in [4.69, 9.17) is 4.74 Å². The number of nitrogens with zero attached hydrogens (tertiary/aromatic N) is 1. The number of aryl methyl sites for hydroxylation is 2. The summed E-state index contributed by atoms with van der Waals surface area (Å²) in [4.78, 5) is 27.4. The van der Waals surface area contributed by atoms with Gasteiger partial charge in [0.15, 0.2) is 0 Å². The van der Waals surface area contributed by atoms with E-state index in [0.717, 1.165) is 29.5 Å². The highest BCUT2D eigenvalue weighted by atomic mass is 16.5. The van der Waals surface area contributed by atoms with Crippen molar-refractivity contribution in [3.63, 3.8) is 0 Å². The number of aliphatic hydroxyl groups is 1. The summed E-state index contributed by atoms with van der Waals surface area (Å²) in [6, 6.07) is 14.4. The van der Waals surface area contributed by atoms with Crippen LogP contribution in [-0.4, -0.2) is 41.0 Å². The highest BCUT2D eigenvalue weighted by Gasteiger charge is 2.46. The Bertz CT molecular complexity index is 953. The zero-order valence-corrected chi connectivity index (χ0v) is 16.7. The molecular formula is C24H25NO4. The number of rotatable bonds is 4. The summed E-state index contributed by atoms with van der Waals surface area (Å²) in [5, 5.41) is 11.0. The molecule has 0 radical (unpaired) electrons. The molecule has 5 heteroatoms. The number of aliphatic hydroxyl groups excluding tert-OH is 1. The Morgan fingerprint density at radius 2 is 1.66 bits per heavy atom. The molecule has 0 aromatic heterocycles. The number of ketones is 1. The molecule has 2 saturated heterocycles. The van der Waals surface area contributed by atoms with Crippen LogP contribution in [0.25, 0.3) is 5.76 Å². The highest BCUT2D eigenvalue weighted by Crippen LogP contribution is 2.40. The van der Waals surface area contributed by atoms with E-state index in [-0.39, 0.29) is 17.4 Å². The largest absolute Gasteiger partial charge is 0.507 e. The van der Waals surface area contributed by atoms with Gasteiger partial charge in [-0.05, 0) is 32.3 Å². The minimum absolute atomic E-state index is 0.0828. The Hall–Kier alpha value is -2.92. The van der Waals surface area contributed by atoms with E-state index in [2.05, 4.69) is 0 Å². The van der Waals surface area contributed by atoms with Crippen LogP contribution >= 0.6 is 0 Å². The van der Waals surface area contributed by atoms with Crippen LogP contribution in [0.3, 0.4) is 0 Å². The van der Waals surface area contributed by atoms with Crippen LogP contribution in [0.1, 0.15) is 41.1 Å². The third-order valence-electron chi connectivity index (χ3n) is 5.68. The highest BCUT2D eigenvalue weighted by molar-refractivity contribution is 6.46. The minimum Gasteiger partial charge on any atom is -0.507 e. The molecule has 0 unspecified atom stereocenters. The zero-order valence-electron chi connectivity index (χ0n) is 16.7. The monoisotopic (exact) mass is 391 g/mol. The van der Waals surface area contributed by atoms with Gasteiger partial charge in [0.25, 0.3) is 11.7 Å². The average molecular weight is 391 g/mol. The Morgan fingerprint density at radius 3 is 2.24 bits per heavy atom. The Labute approximate surface area is 170 Å². The van der Waals surface area contributed by atoms with E-state index in [9.17, 15) is 14.7 Å². The molecule has 2 atom stereocenters. The number of carbonyl (C=O) groups excluding carboxylic acids is 2. The van der Waals surface area contributed by atoms with Crippen molar-refractivity contribution >= 4 is 17.4 Å². The molecule has 0 spiro atoms. The van der Waals surface area contributed by atoms with Gasteiger partial charge in [-0.1, -0.05) is 59.7 Å². The Balaban J connectivity index is 1.81. The predicted octanol–water partition coefficient (Wildman–Crippen LogP) is 3.90. The van der Waals surface area contributed by atoms with Gasteiger partial charge in [0, 0.05) is 18.7 Å². The fourth-order valence-corrected chi connectivity index (χ4v) is 4.04. The van der Waals surface area contributed by atoms with E-state index in [1.54, 1.807) is 17.0 Å². The smallest absolute Gasteiger partial charge is 0.295 e. The van der Waals surface area contributed by atoms with Crippen LogP contribution in [0.5, 0.6) is 0 Å². The van der Waals surface area contributed by atoms with Gasteiger partial charge in [0.1, 0.15) is 5.76 Å². The molecule has 2 aliphatic rings. The maximum atomic E-state index is 13.0. The van der Waals surface area contributed by atoms with Crippen molar-refractivity contribution in [2.45, 2.75) is 38.8 Å². The topological polar surface area (TPSA) is 66.8 Å². The lowest BCUT2D eigenvalue weighted by molar-refractivity contribution is -0.140. The van der Waals surface area contributed by atoms with E-state index in [1.165, 1.54) is 0 Å². The number of amides is 1. The van der Waals surface area contributed by atoms with E-state index in [0.29, 0.717) is 18.7 Å². The summed E-state index contributed by atoms with van der Waals surface area (Å²) < 4.78 is 5.71. The van der Waals surface area contributed by atoms with Gasteiger partial charge in [-0.2, -0.15) is 0 Å². The van der Waals surface area contributed by atoms with Gasteiger partial charge in [-0.15, -0.1) is 0 Å². The summed E-state index contributed by atoms with van der Waals surface area (Å²) in [6.07, 6.45) is 1.73. The van der Waals surface area contributed by atoms with Crippen molar-refractivity contribution in [1.29, 1.82) is 0 Å². The number of ether oxygens (including phenoxy) is 1. The first-order valence-corrected chi connectivity index (χ1v) is 9.99. The van der Waals surface area contributed by atoms with Gasteiger partial charge in [-0.3, -0.25) is 9.59 Å². The Morgan fingerprint density at radius 1 is 1.03 bits per heavy atom. The van der Waals surface area contributed by atoms with Crippen LogP contribution < -0.4 is 0 Å². The number of carbonyl (C=O) groups is 2. The first-order valence-electron chi connectivity index (χ1n) is 9.99. The van der Waals surface area contributed by atoms with Gasteiger partial charge in [-0.25, -0.2) is 0 Å². The molecule has 2 fully saturated rings. The maximum absolute atomic E-state index is 13.0. The fourth-order valence-electron chi connectivity index (χ4n) is 4.04. The van der Waals surface area contributed by atoms with Crippen LogP contribution in [-0.2, 0) is 14.3 Å². The predicted molar refractivity (Wildman–Crippen MR) is 110 cm³/mol. The van der Waals surface area contributed by atoms with E-state index in [1.807, 2.05) is 50.2 Å². The molecule has 1 N–H and O–H groups in total. The van der Waals surface area contributed by atoms with Crippen molar-refractivity contribution in [2.75, 3.05) is 13.2 Å². The fraction of sp³-hybridized carbons (Fsp3) is 0.333. The van der Waals surface area contributed by atoms with Crippen molar-refractivity contribution in [1.82, 2.24) is 4.90 Å². The van der Waals surface area contributed by atoms with Crippen LogP contribution in [0, 0.1) is 13.8 Å². The molecule has 0 saturated carbocycles. The molecule has 2 heterocycles. The van der Waals surface area contributed by atoms with E-state index < -0.39 is 17.7 Å². The Kier molecular flexibility index (Phi) is 5.24. The summed E-state index contributed by atoms with van der Waals surface area (Å²) in [5.74, 6) is -1.37. The quantitative estimate of drug-likeness (QED) is 0.488. The van der Waals surface area contributed by atoms with Gasteiger partial charge in [0.2, 0.25) is 0 Å². The van der Waals surface area contributed by atoms with Gasteiger partial charge < -0.3 is 14.7 Å². The van der Waals surface area contributed by atoms with Gasteiger partial charge >= 0.3 is 0 Å². The standard InChI is InChI=1S/C24H25NO4/c1-15-5-9-17(10-6-15)21-20(22(26)18-11-7-16(2)8-12-18)23(27)24(28)25(21)14-19-4-3-13-29-19/h5-12,19,21,26H,3-4,13-14H2,1-2H3/t19-,21+/m1/s1. The molecule has 0 bridgehead atoms. The number of benzene rings is 2. The van der Waals surface area contributed by atoms with Crippen molar-refractivity contribution in [3.05, 3.63) is 76.4 Å². The first kappa shape index (κ1) is 19.4. The molecule has 1 amide bonds. The second kappa shape index (κ2) is 7.84. The number of likely N-dealkylation sites (tertiary alicyclic amines) is 1. The number of hydrogen-bond donors (Lipinski definition) is 1. The molecule has 150 valence electrons. The van der Waals surface area contributed by atoms with Crippen LogP contribution in [0.4, 0.5) is 0 Å². The first-order chi connectivity index (χ1) is 14.0. The lowest BCUT2D eigenvalue weighted by atomic mass is 9.94. The van der Waals surface area contributed by atoms with Gasteiger partial charge in [0.05, 0.1) is 17.7 Å². The lowest BCUT2D eigenvalue weighted by Crippen LogP contribution is -2.36. The normalized spacial score (nSPS) is 23.7. The van der Waals surface area contributed by atoms with Crippen molar-refractivity contribution in [3.8, 4) is 0 Å². The van der Waals surface area contributed by atoms with Crippen LogP contribution in [0.15, 0.2) is 54.1 Å². The average Bonchev–Trinajstić information content (AvgIpc) is 3.31. The molecule has 2 aliphatic heterocycles. The molecule has 2 aromatic carbocycles. The number of hydrogen-bond acceptors (Lipinski definition) is 4. The molecule has 5 nitrogen and oxygen atoms in total. The van der Waals surface area contributed by atoms with Crippen molar-refractivity contribution in [2.24, 2.45) is 0 Å². The number of Topliss-reactive ketones (excluding diaryl/α,β-unsaturated/α-hetero) is 1. The SMILES string of the molecule is Cc1ccc(C(O)=C2C(=O)C(=O)N(C[C@H]3CCCO3)[C@H]2c2ccc(C)cc2)cc1. The second-order valence-electron chi connectivity index (χ2n) is 7.86. The third kappa shape index (κ3) is 3.70. The summed E-state index contributed by atoms with van der Waals surface area (Å²) in [6.45, 7) is 4.96. The third-order valence-corrected chi connectivity index (χ3v) is 5.68. The maximum Gasteiger partial charge on any atom is 0.295 e. The molecule has 2 aromatic rings. The molecule has 29 heavy (non-hydrogen) atoms. The minimum atomic E-state index is -0.647. The molecular weight excluding hydrogens is 366 g/mol. The second-order valence-corrected chi connectivity index (χ2v) is 7.86. The summed E-state index contributed by atoms with van der Waals surface area (Å²) >= 11 is 0. The van der Waals surface area contributed by atoms with Crippen LogP contribution in [0.2, 0.25) is 0 Å². The van der Waals surface area contributed by atoms with Crippen molar-refractivity contribution < 1.29 is 19.4 Å². The zero-order chi connectivity index (χ0) is 20.5. The summed E-state index contributed by atoms with van der Waals surface area (Å²) in [7, 11) is 0. The summed E-state index contributed by atoms with van der Waals surface area (Å²) in [5.41, 5.74) is 3.61. The molecule has 0 aliphatic carbocycles. The molecule has 4 rings (SSSR count). The lowest BCUT2D eigenvalue weighted by Gasteiger charge is -2.27. The van der Waals surface area contributed by atoms with E-state index >= 15 is 0 Å².